The lowest BCUT2D eigenvalue weighted by Crippen LogP contribution is -2.02. The van der Waals surface area contributed by atoms with Gasteiger partial charge in [0.05, 0.1) is 27.4 Å². The Bertz CT molecular complexity index is 335. The molecule has 0 radical (unpaired) electrons. The van der Waals surface area contributed by atoms with Gasteiger partial charge in [-0.05, 0) is 37.5 Å². The molecule has 0 saturated heterocycles. The number of benzene rings is 1. The third-order valence-electron chi connectivity index (χ3n) is 2.58. The molecule has 0 saturated carbocycles. The predicted molar refractivity (Wildman–Crippen MR) is 66.1 cm³/mol. The molecular weight excluding hydrogens is 220 g/mol. The van der Waals surface area contributed by atoms with Crippen molar-refractivity contribution in [3.05, 3.63) is 17.7 Å². The predicted octanol–water partition coefficient (Wildman–Crippen LogP) is 2.03. The molecule has 0 heterocycles. The molecule has 0 bridgehead atoms. The number of aryl methyl sites for hydroxylation is 1. The Hall–Kier alpha value is -1.42. The fraction of sp³-hybridized carbons (Fsp3) is 0.538. The number of rotatable bonds is 6. The summed E-state index contributed by atoms with van der Waals surface area (Å²) < 4.78 is 15.8. The van der Waals surface area contributed by atoms with Crippen LogP contribution in [0.3, 0.4) is 0 Å². The normalized spacial score (nSPS) is 12.1. The van der Waals surface area contributed by atoms with Gasteiger partial charge in [0.15, 0.2) is 11.5 Å². The molecule has 1 aromatic rings. The Morgan fingerprint density at radius 3 is 1.94 bits per heavy atom. The van der Waals surface area contributed by atoms with Crippen molar-refractivity contribution in [2.75, 3.05) is 21.3 Å². The molecule has 1 N–H and O–H groups in total. The summed E-state index contributed by atoms with van der Waals surface area (Å²) in [5.41, 5.74) is 1.06. The summed E-state index contributed by atoms with van der Waals surface area (Å²) >= 11 is 0. The lowest BCUT2D eigenvalue weighted by atomic mass is 10.1. The maximum atomic E-state index is 9.28. The molecule has 1 atom stereocenters. The largest absolute Gasteiger partial charge is 0.493 e. The fourth-order valence-corrected chi connectivity index (χ4v) is 1.66. The van der Waals surface area contributed by atoms with Crippen molar-refractivity contribution in [1.82, 2.24) is 0 Å². The Morgan fingerprint density at radius 2 is 1.59 bits per heavy atom. The molecule has 4 heteroatoms. The van der Waals surface area contributed by atoms with Crippen molar-refractivity contribution < 1.29 is 19.3 Å². The van der Waals surface area contributed by atoms with Gasteiger partial charge in [-0.25, -0.2) is 0 Å². The van der Waals surface area contributed by atoms with Crippen LogP contribution in [0.4, 0.5) is 0 Å². The van der Waals surface area contributed by atoms with Crippen molar-refractivity contribution in [2.24, 2.45) is 0 Å². The monoisotopic (exact) mass is 240 g/mol. The van der Waals surface area contributed by atoms with Crippen LogP contribution in [0.25, 0.3) is 0 Å². The minimum absolute atomic E-state index is 0.311. The number of aliphatic hydroxyl groups is 1. The molecule has 96 valence electrons. The first kappa shape index (κ1) is 13.6. The highest BCUT2D eigenvalue weighted by molar-refractivity contribution is 5.53. The number of aliphatic hydroxyl groups excluding tert-OH is 1. The van der Waals surface area contributed by atoms with Crippen LogP contribution in [0.2, 0.25) is 0 Å². The second kappa shape index (κ2) is 6.35. The zero-order valence-electron chi connectivity index (χ0n) is 10.8. The first-order chi connectivity index (χ1) is 8.12. The third-order valence-corrected chi connectivity index (χ3v) is 2.58. The molecule has 17 heavy (non-hydrogen) atoms. The molecule has 0 aromatic heterocycles. The Kier molecular flexibility index (Phi) is 5.10. The van der Waals surface area contributed by atoms with Gasteiger partial charge in [0.25, 0.3) is 0 Å². The van der Waals surface area contributed by atoms with E-state index in [9.17, 15) is 5.11 Å². The van der Waals surface area contributed by atoms with E-state index in [1.807, 2.05) is 12.1 Å². The maximum absolute atomic E-state index is 9.28. The van der Waals surface area contributed by atoms with Crippen molar-refractivity contribution in [2.45, 2.75) is 25.9 Å². The van der Waals surface area contributed by atoms with E-state index in [1.165, 1.54) is 0 Å². The first-order valence-electron chi connectivity index (χ1n) is 5.59. The van der Waals surface area contributed by atoms with Gasteiger partial charge < -0.3 is 19.3 Å². The van der Waals surface area contributed by atoms with E-state index in [0.29, 0.717) is 23.7 Å². The number of methoxy groups -OCH3 is 3. The molecule has 1 aromatic carbocycles. The van der Waals surface area contributed by atoms with Crippen LogP contribution in [-0.2, 0) is 6.42 Å². The highest BCUT2D eigenvalue weighted by atomic mass is 16.5. The molecule has 0 unspecified atom stereocenters. The van der Waals surface area contributed by atoms with Gasteiger partial charge in [-0.1, -0.05) is 0 Å². The fourth-order valence-electron chi connectivity index (χ4n) is 1.66. The van der Waals surface area contributed by atoms with Crippen molar-refractivity contribution in [1.29, 1.82) is 0 Å². The molecule has 1 rings (SSSR count). The minimum atomic E-state index is -0.311. The summed E-state index contributed by atoms with van der Waals surface area (Å²) in [5, 5.41) is 9.28. The summed E-state index contributed by atoms with van der Waals surface area (Å²) in [4.78, 5) is 0. The summed E-state index contributed by atoms with van der Waals surface area (Å²) in [6, 6.07) is 3.81. The number of hydrogen-bond acceptors (Lipinski definition) is 4. The average molecular weight is 240 g/mol. The molecule has 0 aliphatic carbocycles. The van der Waals surface area contributed by atoms with Crippen LogP contribution in [0.5, 0.6) is 17.2 Å². The van der Waals surface area contributed by atoms with Crippen LogP contribution in [0, 0.1) is 0 Å². The zero-order chi connectivity index (χ0) is 12.8. The Labute approximate surface area is 102 Å². The summed E-state index contributed by atoms with van der Waals surface area (Å²) in [6.45, 7) is 1.78. The van der Waals surface area contributed by atoms with Gasteiger partial charge in [-0.3, -0.25) is 0 Å². The van der Waals surface area contributed by atoms with Crippen molar-refractivity contribution in [3.63, 3.8) is 0 Å². The zero-order valence-corrected chi connectivity index (χ0v) is 10.8. The standard InChI is InChI=1S/C13H20O4/c1-9(14)5-6-10-7-11(15-2)13(17-4)12(8-10)16-3/h7-9,14H,5-6H2,1-4H3/t9-/m1/s1. The number of ether oxygens (including phenoxy) is 3. The lowest BCUT2D eigenvalue weighted by molar-refractivity contribution is 0.185. The molecule has 0 fully saturated rings. The lowest BCUT2D eigenvalue weighted by Gasteiger charge is -2.14. The van der Waals surface area contributed by atoms with E-state index < -0.39 is 0 Å². The molecule has 4 nitrogen and oxygen atoms in total. The highest BCUT2D eigenvalue weighted by Gasteiger charge is 2.13. The topological polar surface area (TPSA) is 47.9 Å². The minimum Gasteiger partial charge on any atom is -0.493 e. The van der Waals surface area contributed by atoms with Gasteiger partial charge in [0.2, 0.25) is 5.75 Å². The molecule has 0 spiro atoms. The Morgan fingerprint density at radius 1 is 1.06 bits per heavy atom. The van der Waals surface area contributed by atoms with E-state index >= 15 is 0 Å². The summed E-state index contributed by atoms with van der Waals surface area (Å²) in [6.07, 6.45) is 1.17. The second-order valence-corrected chi connectivity index (χ2v) is 3.92. The van der Waals surface area contributed by atoms with Gasteiger partial charge in [-0.15, -0.1) is 0 Å². The van der Waals surface area contributed by atoms with Crippen LogP contribution in [0.1, 0.15) is 18.9 Å². The van der Waals surface area contributed by atoms with Crippen LogP contribution in [0.15, 0.2) is 12.1 Å². The first-order valence-corrected chi connectivity index (χ1v) is 5.59. The molecule has 0 amide bonds. The van der Waals surface area contributed by atoms with E-state index in [1.54, 1.807) is 28.3 Å². The van der Waals surface area contributed by atoms with Crippen LogP contribution >= 0.6 is 0 Å². The van der Waals surface area contributed by atoms with Crippen molar-refractivity contribution >= 4 is 0 Å². The summed E-state index contributed by atoms with van der Waals surface area (Å²) in [7, 11) is 4.77. The van der Waals surface area contributed by atoms with Gasteiger partial charge >= 0.3 is 0 Å². The van der Waals surface area contributed by atoms with E-state index in [2.05, 4.69) is 0 Å². The van der Waals surface area contributed by atoms with E-state index in [4.69, 9.17) is 14.2 Å². The maximum Gasteiger partial charge on any atom is 0.203 e. The van der Waals surface area contributed by atoms with Gasteiger partial charge in [0.1, 0.15) is 0 Å². The quantitative estimate of drug-likeness (QED) is 0.826. The Balaban J connectivity index is 3.00. The molecular formula is C13H20O4. The smallest absolute Gasteiger partial charge is 0.203 e. The van der Waals surface area contributed by atoms with Crippen LogP contribution < -0.4 is 14.2 Å². The van der Waals surface area contributed by atoms with Gasteiger partial charge in [0, 0.05) is 0 Å². The van der Waals surface area contributed by atoms with E-state index in [-0.39, 0.29) is 6.10 Å². The average Bonchev–Trinajstić information content (AvgIpc) is 2.34. The SMILES string of the molecule is COc1cc(CC[C@@H](C)O)cc(OC)c1OC. The third kappa shape index (κ3) is 3.53. The molecule has 0 aliphatic rings. The van der Waals surface area contributed by atoms with E-state index in [0.717, 1.165) is 12.0 Å². The highest BCUT2D eigenvalue weighted by Crippen LogP contribution is 2.38. The number of hydrogen-bond donors (Lipinski definition) is 1. The van der Waals surface area contributed by atoms with Gasteiger partial charge in [-0.2, -0.15) is 0 Å². The second-order valence-electron chi connectivity index (χ2n) is 3.92. The van der Waals surface area contributed by atoms with Crippen LogP contribution in [-0.4, -0.2) is 32.5 Å². The van der Waals surface area contributed by atoms with Crippen molar-refractivity contribution in [3.8, 4) is 17.2 Å². The molecule has 0 aliphatic heterocycles. The summed E-state index contributed by atoms with van der Waals surface area (Å²) in [5.74, 6) is 1.88.